The maximum Gasteiger partial charge on any atom is 0.335 e. The van der Waals surface area contributed by atoms with E-state index < -0.39 is 5.97 Å². The molecule has 3 aromatic carbocycles. The number of aromatic carboxylic acids is 1. The number of rotatable bonds is 5. The molecule has 0 aliphatic rings. The Balaban J connectivity index is 1.71. The number of hydrogen-bond donors (Lipinski definition) is 2. The average molecular weight is 441 g/mol. The van der Waals surface area contributed by atoms with Crippen LogP contribution in [-0.4, -0.2) is 20.9 Å². The number of nitrogens with zero attached hydrogens (tertiary/aromatic N) is 3. The van der Waals surface area contributed by atoms with Crippen LogP contribution >= 0.6 is 0 Å². The number of carbonyl (C=O) groups is 1. The zero-order valence-electron chi connectivity index (χ0n) is 18.9. The van der Waals surface area contributed by atoms with Crippen molar-refractivity contribution in [1.29, 1.82) is 0 Å². The largest absolute Gasteiger partial charge is 0.478 e. The summed E-state index contributed by atoms with van der Waals surface area (Å²) in [6.45, 7) is 7.71. The number of nitrogens with one attached hydrogen (secondary N) is 1. The molecule has 166 valence electrons. The minimum absolute atomic E-state index is 0.216. The highest BCUT2D eigenvalue weighted by atomic mass is 16.4. The van der Waals surface area contributed by atoms with Gasteiger partial charge in [-0.3, -0.25) is 9.89 Å². The second-order valence-corrected chi connectivity index (χ2v) is 8.03. The molecule has 0 aliphatic heterocycles. The van der Waals surface area contributed by atoms with Crippen LogP contribution in [0.1, 0.15) is 32.7 Å². The first-order valence-electron chi connectivity index (χ1n) is 10.5. The maximum atomic E-state index is 13.0. The van der Waals surface area contributed by atoms with Crippen LogP contribution in [0.2, 0.25) is 0 Å². The number of benzene rings is 3. The quantitative estimate of drug-likeness (QED) is 0.362. The number of hydrogen-bond acceptors (Lipinski definition) is 4. The van der Waals surface area contributed by atoms with Crippen molar-refractivity contribution >= 4 is 17.3 Å². The van der Waals surface area contributed by atoms with Gasteiger partial charge in [0.15, 0.2) is 5.69 Å². The van der Waals surface area contributed by atoms with E-state index in [1.54, 1.807) is 25.1 Å². The SMILES string of the molecule is Cc1ccc(-n2[nH]c(C)c(N=Nc3cccc(-c4cccc(C(=O)O)c4)c3C)c2=O)cc1C. The van der Waals surface area contributed by atoms with Gasteiger partial charge in [0.2, 0.25) is 0 Å². The van der Waals surface area contributed by atoms with Gasteiger partial charge in [-0.2, -0.15) is 5.11 Å². The molecule has 0 radical (unpaired) electrons. The molecular weight excluding hydrogens is 416 g/mol. The van der Waals surface area contributed by atoms with Crippen molar-refractivity contribution in [3.63, 3.8) is 0 Å². The molecule has 4 aromatic rings. The molecule has 0 amide bonds. The molecule has 33 heavy (non-hydrogen) atoms. The average Bonchev–Trinajstić information content (AvgIpc) is 3.08. The van der Waals surface area contributed by atoms with Crippen molar-refractivity contribution in [2.75, 3.05) is 0 Å². The Bertz CT molecular complexity index is 1460. The fraction of sp³-hybridized carbons (Fsp3) is 0.154. The number of aromatic amines is 1. The van der Waals surface area contributed by atoms with Gasteiger partial charge in [-0.1, -0.05) is 30.3 Å². The van der Waals surface area contributed by atoms with Crippen LogP contribution in [0.4, 0.5) is 11.4 Å². The van der Waals surface area contributed by atoms with Gasteiger partial charge >= 0.3 is 5.97 Å². The summed E-state index contributed by atoms with van der Waals surface area (Å²) in [5, 5.41) is 21.0. The van der Waals surface area contributed by atoms with Gasteiger partial charge < -0.3 is 5.11 Å². The van der Waals surface area contributed by atoms with Crippen LogP contribution in [0.5, 0.6) is 0 Å². The summed E-state index contributed by atoms with van der Waals surface area (Å²) in [5.41, 5.74) is 6.86. The summed E-state index contributed by atoms with van der Waals surface area (Å²) in [6.07, 6.45) is 0. The van der Waals surface area contributed by atoms with Crippen LogP contribution in [-0.2, 0) is 0 Å². The molecule has 1 heterocycles. The van der Waals surface area contributed by atoms with Gasteiger partial charge in [0, 0.05) is 0 Å². The smallest absolute Gasteiger partial charge is 0.335 e. The third kappa shape index (κ3) is 4.25. The van der Waals surface area contributed by atoms with E-state index in [4.69, 9.17) is 0 Å². The van der Waals surface area contributed by atoms with E-state index in [2.05, 4.69) is 15.3 Å². The van der Waals surface area contributed by atoms with E-state index in [9.17, 15) is 14.7 Å². The van der Waals surface area contributed by atoms with Gasteiger partial charge in [0.05, 0.1) is 22.6 Å². The third-order valence-corrected chi connectivity index (χ3v) is 5.77. The zero-order valence-corrected chi connectivity index (χ0v) is 18.9. The van der Waals surface area contributed by atoms with E-state index in [1.807, 2.05) is 63.2 Å². The predicted molar refractivity (Wildman–Crippen MR) is 128 cm³/mol. The highest BCUT2D eigenvalue weighted by Gasteiger charge is 2.14. The molecule has 0 aliphatic carbocycles. The van der Waals surface area contributed by atoms with Crippen molar-refractivity contribution in [3.05, 3.63) is 99.0 Å². The lowest BCUT2D eigenvalue weighted by atomic mass is 9.98. The maximum absolute atomic E-state index is 13.0. The summed E-state index contributed by atoms with van der Waals surface area (Å²) in [4.78, 5) is 24.3. The molecular formula is C26H24N4O3. The van der Waals surface area contributed by atoms with Crippen LogP contribution in [0.15, 0.2) is 75.7 Å². The van der Waals surface area contributed by atoms with Crippen molar-refractivity contribution in [3.8, 4) is 16.8 Å². The van der Waals surface area contributed by atoms with Gasteiger partial charge in [-0.25, -0.2) is 9.48 Å². The molecule has 4 rings (SSSR count). The molecule has 0 bridgehead atoms. The fourth-order valence-corrected chi connectivity index (χ4v) is 3.67. The Morgan fingerprint density at radius 3 is 2.39 bits per heavy atom. The molecule has 1 aromatic heterocycles. The Labute approximate surface area is 191 Å². The number of azo groups is 1. The van der Waals surface area contributed by atoms with Crippen LogP contribution < -0.4 is 5.56 Å². The number of aromatic nitrogens is 2. The Morgan fingerprint density at radius 1 is 0.909 bits per heavy atom. The second-order valence-electron chi connectivity index (χ2n) is 8.03. The van der Waals surface area contributed by atoms with Crippen LogP contribution in [0.3, 0.4) is 0 Å². The summed E-state index contributed by atoms with van der Waals surface area (Å²) in [7, 11) is 0. The number of H-pyrrole nitrogens is 1. The summed E-state index contributed by atoms with van der Waals surface area (Å²) >= 11 is 0. The lowest BCUT2D eigenvalue weighted by molar-refractivity contribution is 0.0697. The molecule has 7 nitrogen and oxygen atoms in total. The first-order chi connectivity index (χ1) is 15.8. The summed E-state index contributed by atoms with van der Waals surface area (Å²) in [5.74, 6) is -0.978. The predicted octanol–water partition coefficient (Wildman–Crippen LogP) is 6.18. The molecule has 0 spiro atoms. The van der Waals surface area contributed by atoms with E-state index in [-0.39, 0.29) is 16.8 Å². The van der Waals surface area contributed by atoms with Gasteiger partial charge in [-0.15, -0.1) is 5.11 Å². The monoisotopic (exact) mass is 440 g/mol. The van der Waals surface area contributed by atoms with Gasteiger partial charge in [0.1, 0.15) is 0 Å². The topological polar surface area (TPSA) is 99.8 Å². The highest BCUT2D eigenvalue weighted by molar-refractivity contribution is 5.89. The molecule has 7 heteroatoms. The van der Waals surface area contributed by atoms with E-state index in [1.165, 1.54) is 4.68 Å². The van der Waals surface area contributed by atoms with E-state index in [0.29, 0.717) is 11.4 Å². The first kappa shape index (κ1) is 22.0. The van der Waals surface area contributed by atoms with Crippen LogP contribution in [0.25, 0.3) is 16.8 Å². The third-order valence-electron chi connectivity index (χ3n) is 5.77. The minimum Gasteiger partial charge on any atom is -0.478 e. The normalized spacial score (nSPS) is 11.3. The minimum atomic E-state index is -0.978. The highest BCUT2D eigenvalue weighted by Crippen LogP contribution is 2.31. The van der Waals surface area contributed by atoms with Crippen molar-refractivity contribution in [2.24, 2.45) is 10.2 Å². The zero-order chi connectivity index (χ0) is 23.7. The van der Waals surface area contributed by atoms with Gasteiger partial charge in [0.25, 0.3) is 5.56 Å². The standard InChI is InChI=1S/C26H24N4O3/c1-15-11-12-21(13-16(15)2)30-25(31)24(18(4)29-30)28-27-23-10-6-9-22(17(23)3)19-7-5-8-20(14-19)26(32)33/h5-14,29H,1-4H3,(H,32,33). The summed E-state index contributed by atoms with van der Waals surface area (Å²) in [6, 6.07) is 18.1. The molecule has 0 atom stereocenters. The summed E-state index contributed by atoms with van der Waals surface area (Å²) < 4.78 is 1.47. The van der Waals surface area contributed by atoms with Crippen molar-refractivity contribution in [1.82, 2.24) is 9.78 Å². The van der Waals surface area contributed by atoms with Crippen LogP contribution in [0, 0.1) is 27.7 Å². The number of carboxylic acid groups (broad SMARTS) is 1. The second kappa shape index (κ2) is 8.70. The molecule has 0 unspecified atom stereocenters. The first-order valence-corrected chi connectivity index (χ1v) is 10.5. The lowest BCUT2D eigenvalue weighted by Crippen LogP contribution is -2.14. The van der Waals surface area contributed by atoms with E-state index >= 15 is 0 Å². The Kier molecular flexibility index (Phi) is 5.79. The number of carboxylic acids is 1. The Hall–Kier alpha value is -4.26. The molecule has 0 fully saturated rings. The molecule has 2 N–H and O–H groups in total. The number of aryl methyl sites for hydroxylation is 3. The van der Waals surface area contributed by atoms with Crippen molar-refractivity contribution < 1.29 is 9.90 Å². The Morgan fingerprint density at radius 2 is 1.67 bits per heavy atom. The lowest BCUT2D eigenvalue weighted by Gasteiger charge is -2.09. The molecule has 0 saturated carbocycles. The van der Waals surface area contributed by atoms with E-state index in [0.717, 1.165) is 33.5 Å². The fourth-order valence-electron chi connectivity index (χ4n) is 3.67. The van der Waals surface area contributed by atoms with Gasteiger partial charge in [-0.05, 0) is 85.8 Å². The molecule has 0 saturated heterocycles. The van der Waals surface area contributed by atoms with Crippen molar-refractivity contribution in [2.45, 2.75) is 27.7 Å².